The Hall–Kier alpha value is -2.04. The molecular weight excluding hydrogens is 416 g/mol. The molecule has 3 rings (SSSR count). The summed E-state index contributed by atoms with van der Waals surface area (Å²) in [6.45, 7) is -0.722. The summed E-state index contributed by atoms with van der Waals surface area (Å²) in [6.07, 6.45) is 3.03. The van der Waals surface area contributed by atoms with Gasteiger partial charge in [0.25, 0.3) is 0 Å². The van der Waals surface area contributed by atoms with Gasteiger partial charge in [0.1, 0.15) is 5.75 Å². The highest BCUT2D eigenvalue weighted by molar-refractivity contribution is 7.93. The lowest BCUT2D eigenvalue weighted by atomic mass is 9.97. The monoisotopic (exact) mass is 443 g/mol. The minimum absolute atomic E-state index is 0.00639. The van der Waals surface area contributed by atoms with Crippen LogP contribution in [0.2, 0.25) is 0 Å². The lowest BCUT2D eigenvalue weighted by Gasteiger charge is -2.25. The topological polar surface area (TPSA) is 70.2 Å². The van der Waals surface area contributed by atoms with Crippen LogP contribution >= 0.6 is 0 Å². The molecule has 1 amide bonds. The Morgan fingerprint density at radius 3 is 2.63 bits per heavy atom. The molecule has 0 spiro atoms. The number of rotatable bonds is 6. The Balaban J connectivity index is 1.71. The first-order valence-electron chi connectivity index (χ1n) is 9.88. The lowest BCUT2D eigenvalue weighted by molar-refractivity contribution is -0.129. The van der Waals surface area contributed by atoms with Gasteiger partial charge in [-0.3, -0.25) is 9.69 Å². The molecule has 2 aliphatic rings. The van der Waals surface area contributed by atoms with Crippen molar-refractivity contribution in [3.63, 3.8) is 0 Å². The van der Waals surface area contributed by atoms with E-state index in [-0.39, 0.29) is 18.2 Å². The van der Waals surface area contributed by atoms with Gasteiger partial charge in [-0.2, -0.15) is 13.1 Å². The number of likely N-dealkylation sites (N-methyl/N-ethyl adjacent to an activating group) is 1. The van der Waals surface area contributed by atoms with Gasteiger partial charge in [-0.25, -0.2) is 8.42 Å². The summed E-state index contributed by atoms with van der Waals surface area (Å²) in [5.74, 6) is 0.0661. The highest BCUT2D eigenvalue weighted by Gasteiger charge is 2.30. The lowest BCUT2D eigenvalue weighted by Crippen LogP contribution is -2.40. The number of halogens is 2. The molecule has 1 aliphatic carbocycles. The molecule has 7 nitrogen and oxygen atoms in total. The Morgan fingerprint density at radius 1 is 1.17 bits per heavy atom. The summed E-state index contributed by atoms with van der Waals surface area (Å²) in [5, 5.41) is 0. The van der Waals surface area contributed by atoms with Crippen molar-refractivity contribution < 1.29 is 26.7 Å². The van der Waals surface area contributed by atoms with Crippen LogP contribution in [0.1, 0.15) is 24.0 Å². The molecule has 30 heavy (non-hydrogen) atoms. The maximum absolute atomic E-state index is 13.2. The van der Waals surface area contributed by atoms with Crippen LogP contribution in [0.25, 0.3) is 6.08 Å². The maximum atomic E-state index is 13.2. The summed E-state index contributed by atoms with van der Waals surface area (Å²) in [5.41, 5.74) is 1.49. The molecule has 1 aromatic rings. The van der Waals surface area contributed by atoms with E-state index < -0.39 is 16.6 Å². The molecular formula is C20H27F2N3O4S. The van der Waals surface area contributed by atoms with Gasteiger partial charge in [-0.1, -0.05) is 6.07 Å². The molecule has 0 bridgehead atoms. The Bertz CT molecular complexity index is 919. The molecule has 0 unspecified atom stereocenters. The van der Waals surface area contributed by atoms with Gasteiger partial charge in [0.05, 0.1) is 11.4 Å². The molecule has 10 heteroatoms. The number of carbonyl (C=O) groups excluding carboxylic acids is 1. The minimum Gasteiger partial charge on any atom is -0.435 e. The fourth-order valence-electron chi connectivity index (χ4n) is 3.67. The third-order valence-electron chi connectivity index (χ3n) is 5.37. The zero-order valence-electron chi connectivity index (χ0n) is 17.2. The fraction of sp³-hybridized carbons (Fsp3) is 0.550. The molecule has 1 fully saturated rings. The molecule has 1 aromatic carbocycles. The maximum Gasteiger partial charge on any atom is 0.387 e. The number of amides is 1. The van der Waals surface area contributed by atoms with Crippen LogP contribution in [0.15, 0.2) is 23.1 Å². The van der Waals surface area contributed by atoms with Crippen molar-refractivity contribution in [2.45, 2.75) is 25.9 Å². The normalized spacial score (nSPS) is 18.5. The van der Waals surface area contributed by atoms with Crippen LogP contribution in [0.3, 0.4) is 0 Å². The number of fused-ring (bicyclic) bond motifs is 1. The minimum atomic E-state index is -3.63. The second-order valence-corrected chi connectivity index (χ2v) is 9.66. The van der Waals surface area contributed by atoms with Gasteiger partial charge in [0.15, 0.2) is 0 Å². The van der Waals surface area contributed by atoms with Crippen molar-refractivity contribution in [1.29, 1.82) is 0 Å². The average molecular weight is 444 g/mol. The molecule has 1 saturated heterocycles. The Labute approximate surface area is 175 Å². The summed E-state index contributed by atoms with van der Waals surface area (Å²) in [6, 6.07) is 4.56. The van der Waals surface area contributed by atoms with E-state index in [4.69, 9.17) is 0 Å². The highest BCUT2D eigenvalue weighted by Crippen LogP contribution is 2.31. The van der Waals surface area contributed by atoms with Gasteiger partial charge in [0, 0.05) is 33.7 Å². The summed E-state index contributed by atoms with van der Waals surface area (Å²) in [7, 11) is -0.225. The zero-order chi connectivity index (χ0) is 21.9. The van der Waals surface area contributed by atoms with E-state index in [9.17, 15) is 22.0 Å². The molecule has 0 N–H and O–H groups in total. The first-order chi connectivity index (χ1) is 14.2. The number of benzene rings is 1. The molecule has 166 valence electrons. The number of nitrogens with zero attached hydrogens (tertiary/aromatic N) is 3. The number of hydrogen-bond acceptors (Lipinski definition) is 5. The van der Waals surface area contributed by atoms with Crippen LogP contribution in [-0.2, 0) is 21.2 Å². The fourth-order valence-corrected chi connectivity index (χ4v) is 5.33. The van der Waals surface area contributed by atoms with E-state index in [1.807, 2.05) is 4.90 Å². The van der Waals surface area contributed by atoms with Crippen LogP contribution in [-0.4, -0.2) is 81.9 Å². The molecule has 0 aromatic heterocycles. The summed E-state index contributed by atoms with van der Waals surface area (Å²) in [4.78, 5) is 15.8. The molecule has 0 saturated carbocycles. The first-order valence-corrected chi connectivity index (χ1v) is 11.3. The summed E-state index contributed by atoms with van der Waals surface area (Å²) >= 11 is 0. The van der Waals surface area contributed by atoms with Gasteiger partial charge in [-0.15, -0.1) is 0 Å². The molecule has 1 heterocycles. The number of allylic oxidation sites excluding steroid dienone is 1. The van der Waals surface area contributed by atoms with Gasteiger partial charge in [-0.05, 0) is 55.1 Å². The Morgan fingerprint density at radius 2 is 1.93 bits per heavy atom. The van der Waals surface area contributed by atoms with E-state index in [2.05, 4.69) is 4.74 Å². The van der Waals surface area contributed by atoms with E-state index in [0.29, 0.717) is 55.9 Å². The van der Waals surface area contributed by atoms with E-state index in [1.165, 1.54) is 21.3 Å². The highest BCUT2D eigenvalue weighted by atomic mass is 32.2. The number of carbonyl (C=O) groups is 1. The van der Waals surface area contributed by atoms with Crippen molar-refractivity contribution in [3.8, 4) is 5.75 Å². The second-order valence-electron chi connectivity index (χ2n) is 7.67. The standard InChI is InChI=1S/C20H27F2N3O4S/c1-23(2)19(26)14-24-8-3-9-25(11-10-24)30(27,28)18-7-5-15-12-17(29-20(21)22)6-4-16(15)13-18/h4,6,12-13,20H,3,5,7-11,14H2,1-2H3. The number of hydrogen-bond donors (Lipinski definition) is 0. The van der Waals surface area contributed by atoms with Gasteiger partial charge < -0.3 is 9.64 Å². The molecule has 0 atom stereocenters. The van der Waals surface area contributed by atoms with Crippen molar-refractivity contribution in [3.05, 3.63) is 34.2 Å². The van der Waals surface area contributed by atoms with Crippen molar-refractivity contribution in [2.24, 2.45) is 0 Å². The van der Waals surface area contributed by atoms with Crippen molar-refractivity contribution in [2.75, 3.05) is 46.8 Å². The van der Waals surface area contributed by atoms with Crippen LogP contribution in [0, 0.1) is 0 Å². The predicted octanol–water partition coefficient (Wildman–Crippen LogP) is 2.00. The van der Waals surface area contributed by atoms with Gasteiger partial charge >= 0.3 is 6.61 Å². The largest absolute Gasteiger partial charge is 0.435 e. The summed E-state index contributed by atoms with van der Waals surface area (Å²) < 4.78 is 57.1. The second kappa shape index (κ2) is 9.40. The van der Waals surface area contributed by atoms with Crippen LogP contribution < -0.4 is 4.74 Å². The van der Waals surface area contributed by atoms with Gasteiger partial charge in [0.2, 0.25) is 15.9 Å². The first kappa shape index (κ1) is 22.6. The average Bonchev–Trinajstić information content (AvgIpc) is 2.93. The predicted molar refractivity (Wildman–Crippen MR) is 110 cm³/mol. The zero-order valence-corrected chi connectivity index (χ0v) is 18.0. The van der Waals surface area contributed by atoms with Crippen molar-refractivity contribution >= 4 is 22.0 Å². The SMILES string of the molecule is CN(C)C(=O)CN1CCCN(S(=O)(=O)C2=Cc3ccc(OC(F)F)cc3CC2)CC1. The number of aryl methyl sites for hydroxylation is 1. The third-order valence-corrected chi connectivity index (χ3v) is 7.40. The van der Waals surface area contributed by atoms with Crippen molar-refractivity contribution in [1.82, 2.24) is 14.1 Å². The number of alkyl halides is 2. The third kappa shape index (κ3) is 5.35. The van der Waals surface area contributed by atoms with E-state index in [0.717, 1.165) is 5.56 Å². The van der Waals surface area contributed by atoms with Crippen LogP contribution in [0.4, 0.5) is 8.78 Å². The van der Waals surface area contributed by atoms with Crippen LogP contribution in [0.5, 0.6) is 5.75 Å². The quantitative estimate of drug-likeness (QED) is 0.673. The van der Waals surface area contributed by atoms with E-state index >= 15 is 0 Å². The number of sulfonamides is 1. The Kier molecular flexibility index (Phi) is 7.10. The number of ether oxygens (including phenoxy) is 1. The molecule has 1 aliphatic heterocycles. The smallest absolute Gasteiger partial charge is 0.387 e. The van der Waals surface area contributed by atoms with E-state index in [1.54, 1.807) is 26.2 Å². The molecule has 0 radical (unpaired) electrons.